The number of carbonyl (C=O) groups excluding carboxylic acids is 1. The van der Waals surface area contributed by atoms with E-state index in [9.17, 15) is 4.79 Å². The number of anilines is 2. The van der Waals surface area contributed by atoms with E-state index < -0.39 is 0 Å². The number of carbonyl (C=O) groups is 1. The summed E-state index contributed by atoms with van der Waals surface area (Å²) in [6.45, 7) is 5.12. The molecule has 0 radical (unpaired) electrons. The number of nitrogens with zero attached hydrogens (tertiary/aromatic N) is 4. The second-order valence-corrected chi connectivity index (χ2v) is 4.60. The van der Waals surface area contributed by atoms with E-state index in [0.717, 1.165) is 5.69 Å². The van der Waals surface area contributed by atoms with Gasteiger partial charge in [0.2, 0.25) is 0 Å². The van der Waals surface area contributed by atoms with E-state index in [1.165, 1.54) is 0 Å². The zero-order chi connectivity index (χ0) is 15.9. The molecule has 112 valence electrons. The molecule has 6 nitrogen and oxygen atoms in total. The van der Waals surface area contributed by atoms with Crippen molar-refractivity contribution in [1.82, 2.24) is 15.1 Å². The van der Waals surface area contributed by atoms with Crippen molar-refractivity contribution in [1.29, 1.82) is 5.26 Å². The third kappa shape index (κ3) is 3.58. The molecule has 0 fully saturated rings. The minimum atomic E-state index is -0.129. The molecule has 0 saturated heterocycles. The second-order valence-electron chi connectivity index (χ2n) is 4.60. The minimum Gasteiger partial charge on any atom is -0.339 e. The van der Waals surface area contributed by atoms with Crippen LogP contribution in [0, 0.1) is 11.3 Å². The van der Waals surface area contributed by atoms with Crippen molar-refractivity contribution >= 4 is 17.4 Å². The molecule has 0 aliphatic carbocycles. The number of hydrogen-bond donors (Lipinski definition) is 1. The Labute approximate surface area is 129 Å². The molecule has 0 saturated carbocycles. The summed E-state index contributed by atoms with van der Waals surface area (Å²) in [5.74, 6) is 0.390. The number of nitriles is 1. The van der Waals surface area contributed by atoms with Crippen molar-refractivity contribution in [2.45, 2.75) is 13.8 Å². The molecule has 0 spiro atoms. The summed E-state index contributed by atoms with van der Waals surface area (Å²) in [6.07, 6.45) is 0. The van der Waals surface area contributed by atoms with Crippen molar-refractivity contribution in [3.8, 4) is 6.07 Å². The van der Waals surface area contributed by atoms with E-state index in [-0.39, 0.29) is 5.91 Å². The Balaban J connectivity index is 2.12. The van der Waals surface area contributed by atoms with E-state index in [0.29, 0.717) is 30.2 Å². The largest absolute Gasteiger partial charge is 0.339 e. The van der Waals surface area contributed by atoms with E-state index in [1.807, 2.05) is 19.9 Å². The van der Waals surface area contributed by atoms with Crippen molar-refractivity contribution in [3.05, 3.63) is 47.7 Å². The van der Waals surface area contributed by atoms with Gasteiger partial charge in [-0.3, -0.25) is 4.79 Å². The van der Waals surface area contributed by atoms with Crippen LogP contribution in [0.1, 0.15) is 29.9 Å². The van der Waals surface area contributed by atoms with Crippen LogP contribution in [0.4, 0.5) is 11.5 Å². The summed E-state index contributed by atoms with van der Waals surface area (Å²) in [5.41, 5.74) is 1.63. The van der Waals surface area contributed by atoms with Crippen LogP contribution in [0.15, 0.2) is 36.4 Å². The lowest BCUT2D eigenvalue weighted by atomic mass is 10.2. The SMILES string of the molecule is CCN(CC)C(=O)c1ccc(Nc2cccc(C#N)c2)nn1. The fraction of sp³-hybridized carbons (Fsp3) is 0.250. The van der Waals surface area contributed by atoms with Crippen molar-refractivity contribution in [2.24, 2.45) is 0 Å². The van der Waals surface area contributed by atoms with Crippen LogP contribution in [0.3, 0.4) is 0 Å². The summed E-state index contributed by atoms with van der Waals surface area (Å²) in [6, 6.07) is 12.5. The normalized spacial score (nSPS) is 9.86. The molecule has 1 amide bonds. The number of hydrogen-bond acceptors (Lipinski definition) is 5. The number of rotatable bonds is 5. The first kappa shape index (κ1) is 15.4. The molecule has 0 aliphatic heterocycles. The first-order valence-corrected chi connectivity index (χ1v) is 7.08. The molecule has 0 unspecified atom stereocenters. The van der Waals surface area contributed by atoms with Crippen LogP contribution < -0.4 is 5.32 Å². The summed E-state index contributed by atoms with van der Waals surface area (Å²) in [4.78, 5) is 13.8. The predicted molar refractivity (Wildman–Crippen MR) is 83.7 cm³/mol. The van der Waals surface area contributed by atoms with Gasteiger partial charge in [0.15, 0.2) is 11.5 Å². The highest BCUT2D eigenvalue weighted by molar-refractivity contribution is 5.92. The summed E-state index contributed by atoms with van der Waals surface area (Å²) in [5, 5.41) is 19.9. The van der Waals surface area contributed by atoms with Gasteiger partial charge in [-0.1, -0.05) is 6.07 Å². The highest BCUT2D eigenvalue weighted by Crippen LogP contribution is 2.15. The topological polar surface area (TPSA) is 81.9 Å². The van der Waals surface area contributed by atoms with Gasteiger partial charge in [-0.15, -0.1) is 10.2 Å². The van der Waals surface area contributed by atoms with Crippen molar-refractivity contribution in [2.75, 3.05) is 18.4 Å². The van der Waals surface area contributed by atoms with Crippen molar-refractivity contribution < 1.29 is 4.79 Å². The van der Waals surface area contributed by atoms with E-state index >= 15 is 0 Å². The Bertz CT molecular complexity index is 686. The third-order valence-corrected chi connectivity index (χ3v) is 3.20. The minimum absolute atomic E-state index is 0.129. The Morgan fingerprint density at radius 3 is 2.59 bits per heavy atom. The summed E-state index contributed by atoms with van der Waals surface area (Å²) in [7, 11) is 0. The molecule has 1 aromatic carbocycles. The smallest absolute Gasteiger partial charge is 0.274 e. The Morgan fingerprint density at radius 1 is 1.23 bits per heavy atom. The lowest BCUT2D eigenvalue weighted by Gasteiger charge is -2.17. The molecular formula is C16H17N5O. The predicted octanol–water partition coefficient (Wildman–Crippen LogP) is 2.57. The number of amides is 1. The van der Waals surface area contributed by atoms with Gasteiger partial charge in [-0.25, -0.2) is 0 Å². The molecular weight excluding hydrogens is 278 g/mol. The van der Waals surface area contributed by atoms with E-state index in [1.54, 1.807) is 35.2 Å². The van der Waals surface area contributed by atoms with Crippen LogP contribution in [-0.4, -0.2) is 34.1 Å². The van der Waals surface area contributed by atoms with Gasteiger partial charge >= 0.3 is 0 Å². The third-order valence-electron chi connectivity index (χ3n) is 3.20. The van der Waals surface area contributed by atoms with Crippen LogP contribution in [0.25, 0.3) is 0 Å². The number of aromatic nitrogens is 2. The molecule has 1 heterocycles. The first-order valence-electron chi connectivity index (χ1n) is 7.08. The molecule has 1 N–H and O–H groups in total. The molecule has 6 heteroatoms. The maximum Gasteiger partial charge on any atom is 0.274 e. The zero-order valence-corrected chi connectivity index (χ0v) is 12.6. The molecule has 22 heavy (non-hydrogen) atoms. The van der Waals surface area contributed by atoms with Gasteiger partial charge in [0.1, 0.15) is 0 Å². The summed E-state index contributed by atoms with van der Waals surface area (Å²) < 4.78 is 0. The molecule has 1 aromatic heterocycles. The highest BCUT2D eigenvalue weighted by atomic mass is 16.2. The highest BCUT2D eigenvalue weighted by Gasteiger charge is 2.14. The maximum absolute atomic E-state index is 12.1. The fourth-order valence-corrected chi connectivity index (χ4v) is 2.00. The number of benzene rings is 1. The van der Waals surface area contributed by atoms with E-state index in [2.05, 4.69) is 21.6 Å². The average molecular weight is 295 g/mol. The molecule has 0 aliphatic rings. The monoisotopic (exact) mass is 295 g/mol. The Kier molecular flexibility index (Phi) is 5.04. The summed E-state index contributed by atoms with van der Waals surface area (Å²) >= 11 is 0. The van der Waals surface area contributed by atoms with Gasteiger partial charge in [0.05, 0.1) is 11.6 Å². The van der Waals surface area contributed by atoms with Crippen molar-refractivity contribution in [3.63, 3.8) is 0 Å². The number of nitrogens with one attached hydrogen (secondary N) is 1. The maximum atomic E-state index is 12.1. The second kappa shape index (κ2) is 7.18. The van der Waals surface area contributed by atoms with Crippen LogP contribution >= 0.6 is 0 Å². The van der Waals surface area contributed by atoms with Gasteiger partial charge in [-0.05, 0) is 44.2 Å². The van der Waals surface area contributed by atoms with Crippen LogP contribution in [0.2, 0.25) is 0 Å². The quantitative estimate of drug-likeness (QED) is 0.916. The molecule has 0 atom stereocenters. The Morgan fingerprint density at radius 2 is 2.00 bits per heavy atom. The van der Waals surface area contributed by atoms with Gasteiger partial charge < -0.3 is 10.2 Å². The van der Waals surface area contributed by atoms with E-state index in [4.69, 9.17) is 5.26 Å². The zero-order valence-electron chi connectivity index (χ0n) is 12.6. The first-order chi connectivity index (χ1) is 10.7. The lowest BCUT2D eigenvalue weighted by molar-refractivity contribution is 0.0766. The van der Waals surface area contributed by atoms with Gasteiger partial charge in [0, 0.05) is 18.8 Å². The molecule has 2 rings (SSSR count). The standard InChI is InChI=1S/C16H17N5O/c1-3-21(4-2)16(22)14-8-9-15(20-19-14)18-13-7-5-6-12(10-13)11-17/h5-10H,3-4H2,1-2H3,(H,18,20). The van der Waals surface area contributed by atoms with Gasteiger partial charge in [0.25, 0.3) is 5.91 Å². The Hall–Kier alpha value is -2.94. The fourth-order valence-electron chi connectivity index (χ4n) is 2.00. The van der Waals surface area contributed by atoms with Gasteiger partial charge in [-0.2, -0.15) is 5.26 Å². The average Bonchev–Trinajstić information content (AvgIpc) is 2.56. The molecule has 0 bridgehead atoms. The van der Waals surface area contributed by atoms with Crippen LogP contribution in [0.5, 0.6) is 0 Å². The lowest BCUT2D eigenvalue weighted by Crippen LogP contribution is -2.31. The van der Waals surface area contributed by atoms with Crippen LogP contribution in [-0.2, 0) is 0 Å². The molecule has 2 aromatic rings.